The summed E-state index contributed by atoms with van der Waals surface area (Å²) in [5.41, 5.74) is -1.58. The molecule has 1 saturated heterocycles. The van der Waals surface area contributed by atoms with Crippen LogP contribution in [0, 0.1) is 0 Å². The van der Waals surface area contributed by atoms with Crippen LogP contribution in [0.15, 0.2) is 24.4 Å². The lowest BCUT2D eigenvalue weighted by Gasteiger charge is -2.20. The molecule has 0 aliphatic carbocycles. The van der Waals surface area contributed by atoms with Crippen molar-refractivity contribution in [3.8, 4) is 10.6 Å². The fourth-order valence-electron chi connectivity index (χ4n) is 3.32. The molecular weight excluding hydrogens is 433 g/mol. The maximum atomic E-state index is 13.6. The van der Waals surface area contributed by atoms with Gasteiger partial charge in [-0.3, -0.25) is 4.79 Å². The van der Waals surface area contributed by atoms with Gasteiger partial charge in [0.25, 0.3) is 5.91 Å². The van der Waals surface area contributed by atoms with Crippen molar-refractivity contribution in [2.24, 2.45) is 0 Å². The van der Waals surface area contributed by atoms with E-state index in [1.165, 1.54) is 12.1 Å². The van der Waals surface area contributed by atoms with Gasteiger partial charge in [0.2, 0.25) is 0 Å². The van der Waals surface area contributed by atoms with E-state index in [0.29, 0.717) is 20.1 Å². The molecular formula is C17H12ClF3N4O3S. The van der Waals surface area contributed by atoms with Crippen LogP contribution in [0.1, 0.15) is 28.9 Å². The van der Waals surface area contributed by atoms with Crippen LogP contribution in [0.5, 0.6) is 0 Å². The second-order valence-electron chi connectivity index (χ2n) is 6.42. The number of likely N-dealkylation sites (tertiary alicyclic amines) is 1. The van der Waals surface area contributed by atoms with Crippen molar-refractivity contribution < 1.29 is 27.9 Å². The van der Waals surface area contributed by atoms with Crippen molar-refractivity contribution in [2.75, 3.05) is 6.54 Å². The molecule has 7 nitrogen and oxygen atoms in total. The first kappa shape index (κ1) is 19.6. The molecule has 3 aromatic rings. The number of carbonyl (C=O) groups is 2. The van der Waals surface area contributed by atoms with E-state index in [1.807, 2.05) is 0 Å². The topological polar surface area (TPSA) is 87.8 Å². The zero-order chi connectivity index (χ0) is 20.9. The van der Waals surface area contributed by atoms with Crippen molar-refractivity contribution in [3.05, 3.63) is 40.0 Å². The van der Waals surface area contributed by atoms with Crippen molar-refractivity contribution in [3.63, 3.8) is 0 Å². The van der Waals surface area contributed by atoms with Crippen LogP contribution in [0.25, 0.3) is 16.2 Å². The van der Waals surface area contributed by atoms with E-state index in [0.717, 1.165) is 28.5 Å². The molecule has 12 heteroatoms. The number of halogens is 4. The molecule has 1 aliphatic heterocycles. The molecule has 3 aromatic heterocycles. The van der Waals surface area contributed by atoms with E-state index in [2.05, 4.69) is 10.1 Å². The van der Waals surface area contributed by atoms with E-state index in [4.69, 9.17) is 11.6 Å². The normalized spacial score (nSPS) is 17.2. The summed E-state index contributed by atoms with van der Waals surface area (Å²) in [7, 11) is 0. The summed E-state index contributed by atoms with van der Waals surface area (Å²) >= 11 is 6.93. The molecule has 1 N–H and O–H groups in total. The summed E-state index contributed by atoms with van der Waals surface area (Å²) in [5, 5.41) is 13.0. The summed E-state index contributed by atoms with van der Waals surface area (Å²) < 4.78 is 41.8. The zero-order valence-electron chi connectivity index (χ0n) is 14.5. The number of nitrogens with zero attached hydrogens (tertiary/aromatic N) is 4. The Balaban J connectivity index is 1.88. The largest absolute Gasteiger partial charge is 0.480 e. The Kier molecular flexibility index (Phi) is 4.74. The minimum Gasteiger partial charge on any atom is -0.480 e. The highest BCUT2D eigenvalue weighted by Crippen LogP contribution is 2.36. The van der Waals surface area contributed by atoms with Gasteiger partial charge in [0.1, 0.15) is 11.6 Å². The lowest BCUT2D eigenvalue weighted by Crippen LogP contribution is -2.40. The van der Waals surface area contributed by atoms with Crippen molar-refractivity contribution in [2.45, 2.75) is 25.1 Å². The maximum absolute atomic E-state index is 13.6. The van der Waals surface area contributed by atoms with Crippen LogP contribution < -0.4 is 0 Å². The van der Waals surface area contributed by atoms with Gasteiger partial charge in [0.05, 0.1) is 21.1 Å². The maximum Gasteiger partial charge on any atom is 0.433 e. The smallest absolute Gasteiger partial charge is 0.433 e. The van der Waals surface area contributed by atoms with E-state index in [9.17, 15) is 27.9 Å². The quantitative estimate of drug-likeness (QED) is 0.663. The van der Waals surface area contributed by atoms with Gasteiger partial charge in [-0.2, -0.15) is 18.3 Å². The van der Waals surface area contributed by atoms with Gasteiger partial charge in [0.15, 0.2) is 11.3 Å². The van der Waals surface area contributed by atoms with Crippen LogP contribution in [0.4, 0.5) is 13.2 Å². The average Bonchev–Trinajstić information content (AvgIpc) is 3.38. The average molecular weight is 445 g/mol. The van der Waals surface area contributed by atoms with Crippen molar-refractivity contribution in [1.29, 1.82) is 0 Å². The Bertz CT molecular complexity index is 1130. The number of fused-ring (bicyclic) bond motifs is 1. The minimum absolute atomic E-state index is 0.00696. The predicted molar refractivity (Wildman–Crippen MR) is 98.0 cm³/mol. The molecule has 0 unspecified atom stereocenters. The first-order valence-corrected chi connectivity index (χ1v) is 9.61. The number of aliphatic carboxylic acids is 1. The van der Waals surface area contributed by atoms with Crippen molar-refractivity contribution in [1.82, 2.24) is 19.5 Å². The fourth-order valence-corrected chi connectivity index (χ4v) is 4.32. The van der Waals surface area contributed by atoms with Gasteiger partial charge in [-0.25, -0.2) is 14.3 Å². The molecule has 1 atom stereocenters. The van der Waals surface area contributed by atoms with Gasteiger partial charge in [-0.1, -0.05) is 11.6 Å². The third-order valence-electron chi connectivity index (χ3n) is 4.62. The van der Waals surface area contributed by atoms with Gasteiger partial charge in [-0.15, -0.1) is 11.3 Å². The highest BCUT2D eigenvalue weighted by Gasteiger charge is 2.38. The summed E-state index contributed by atoms with van der Waals surface area (Å²) in [6, 6.07) is 2.88. The lowest BCUT2D eigenvalue weighted by atomic mass is 10.2. The summed E-state index contributed by atoms with van der Waals surface area (Å²) in [6.45, 7) is 0.194. The monoisotopic (exact) mass is 444 g/mol. The van der Waals surface area contributed by atoms with E-state index in [-0.39, 0.29) is 29.9 Å². The number of hydrogen-bond acceptors (Lipinski definition) is 5. The van der Waals surface area contributed by atoms with Gasteiger partial charge < -0.3 is 10.0 Å². The zero-order valence-corrected chi connectivity index (χ0v) is 16.1. The van der Waals surface area contributed by atoms with Crippen LogP contribution in [-0.4, -0.2) is 49.1 Å². The SMILES string of the molecule is O=C(O)[C@@H]1CCCN1C(=O)c1cnn2c(C(F)(F)F)cc(-c3ccc(Cl)s3)nc12. The molecule has 0 saturated carbocycles. The van der Waals surface area contributed by atoms with E-state index in [1.54, 1.807) is 0 Å². The Morgan fingerprint density at radius 1 is 1.31 bits per heavy atom. The number of hydrogen-bond donors (Lipinski definition) is 1. The molecule has 1 fully saturated rings. The van der Waals surface area contributed by atoms with Crippen LogP contribution in [-0.2, 0) is 11.0 Å². The Morgan fingerprint density at radius 2 is 2.07 bits per heavy atom. The fraction of sp³-hybridized carbons (Fsp3) is 0.294. The molecule has 29 heavy (non-hydrogen) atoms. The molecule has 0 radical (unpaired) electrons. The Hall–Kier alpha value is -2.66. The molecule has 1 aliphatic rings. The molecule has 0 bridgehead atoms. The molecule has 1 amide bonds. The van der Waals surface area contributed by atoms with Gasteiger partial charge in [-0.05, 0) is 31.0 Å². The van der Waals surface area contributed by atoms with Gasteiger partial charge in [0, 0.05) is 6.54 Å². The van der Waals surface area contributed by atoms with Crippen molar-refractivity contribution >= 4 is 40.5 Å². The highest BCUT2D eigenvalue weighted by atomic mass is 35.5. The predicted octanol–water partition coefficient (Wildman–Crippen LogP) is 3.82. The second-order valence-corrected chi connectivity index (χ2v) is 8.13. The third-order valence-corrected chi connectivity index (χ3v) is 5.87. The summed E-state index contributed by atoms with van der Waals surface area (Å²) in [5.74, 6) is -1.88. The third kappa shape index (κ3) is 3.44. The van der Waals surface area contributed by atoms with E-state index < -0.39 is 29.8 Å². The number of thiophene rings is 1. The van der Waals surface area contributed by atoms with Crippen LogP contribution >= 0.6 is 22.9 Å². The first-order chi connectivity index (χ1) is 13.7. The lowest BCUT2D eigenvalue weighted by molar-refractivity contribution is -0.143. The Morgan fingerprint density at radius 3 is 2.69 bits per heavy atom. The molecule has 0 spiro atoms. The number of amides is 1. The number of aromatic nitrogens is 3. The molecule has 4 rings (SSSR count). The van der Waals surface area contributed by atoms with Gasteiger partial charge >= 0.3 is 12.1 Å². The van der Waals surface area contributed by atoms with E-state index >= 15 is 0 Å². The minimum atomic E-state index is -4.75. The Labute approximate surface area is 170 Å². The summed E-state index contributed by atoms with van der Waals surface area (Å²) in [6.07, 6.45) is -2.99. The number of carboxylic acid groups (broad SMARTS) is 1. The molecule has 152 valence electrons. The molecule has 0 aromatic carbocycles. The molecule has 4 heterocycles. The van der Waals surface area contributed by atoms with Crippen LogP contribution in [0.3, 0.4) is 0 Å². The number of rotatable bonds is 3. The second kappa shape index (κ2) is 6.99. The number of alkyl halides is 3. The van der Waals surface area contributed by atoms with Crippen LogP contribution in [0.2, 0.25) is 4.34 Å². The number of carbonyl (C=O) groups excluding carboxylic acids is 1. The highest BCUT2D eigenvalue weighted by molar-refractivity contribution is 7.19. The summed E-state index contributed by atoms with van der Waals surface area (Å²) in [4.78, 5) is 30.0. The first-order valence-electron chi connectivity index (χ1n) is 8.42. The standard InChI is InChI=1S/C17H12ClF3N4O3S/c18-13-4-3-11(29-13)9-6-12(17(19,20)21)25-14(23-9)8(7-22-25)15(26)24-5-1-2-10(24)16(27)28/h3-4,6-7,10H,1-2,5H2,(H,27,28)/t10-/m0/s1. The number of carboxylic acids is 1.